The first-order chi connectivity index (χ1) is 13.2. The number of nitrogens with one attached hydrogen (secondary N) is 1. The third-order valence-electron chi connectivity index (χ3n) is 3.96. The van der Waals surface area contributed by atoms with E-state index in [1.165, 1.54) is 16.8 Å². The lowest BCUT2D eigenvalue weighted by Gasteiger charge is -2.08. The van der Waals surface area contributed by atoms with E-state index in [0.717, 1.165) is 10.4 Å². The molecule has 1 aromatic carbocycles. The second-order valence-corrected chi connectivity index (χ2v) is 6.77. The number of thiophene rings is 1. The van der Waals surface area contributed by atoms with Crippen LogP contribution in [0.1, 0.15) is 16.1 Å². The summed E-state index contributed by atoms with van der Waals surface area (Å²) < 4.78 is 14.8. The third kappa shape index (κ3) is 3.78. The Balaban J connectivity index is 1.67. The number of rotatable bonds is 5. The first-order valence-electron chi connectivity index (χ1n) is 8.28. The number of hydrogen-bond acceptors (Lipinski definition) is 4. The fourth-order valence-electron chi connectivity index (χ4n) is 2.64. The highest BCUT2D eigenvalue weighted by atomic mass is 32.1. The Morgan fingerprint density at radius 1 is 1.15 bits per heavy atom. The Morgan fingerprint density at radius 2 is 2.00 bits per heavy atom. The van der Waals surface area contributed by atoms with Crippen LogP contribution in [0.3, 0.4) is 0 Å². The summed E-state index contributed by atoms with van der Waals surface area (Å²) in [6.07, 6.45) is 3.39. The molecule has 0 radical (unpaired) electrons. The molecule has 1 N–H and O–H groups in total. The van der Waals surface area contributed by atoms with Crippen LogP contribution in [0.4, 0.5) is 4.39 Å². The molecule has 0 aliphatic carbocycles. The van der Waals surface area contributed by atoms with Crippen molar-refractivity contribution in [1.29, 1.82) is 0 Å². The van der Waals surface area contributed by atoms with E-state index in [0.29, 0.717) is 23.6 Å². The molecule has 3 heterocycles. The quantitative estimate of drug-likeness (QED) is 0.570. The third-order valence-corrected chi connectivity index (χ3v) is 4.86. The smallest absolute Gasteiger partial charge is 0.270 e. The van der Waals surface area contributed by atoms with Crippen molar-refractivity contribution < 1.29 is 9.18 Å². The highest BCUT2D eigenvalue weighted by molar-refractivity contribution is 7.13. The molecule has 5 nitrogen and oxygen atoms in total. The van der Waals surface area contributed by atoms with E-state index >= 15 is 0 Å². The monoisotopic (exact) mass is 378 g/mol. The molecular formula is C20H15FN4OS. The van der Waals surface area contributed by atoms with Gasteiger partial charge in [0.25, 0.3) is 5.91 Å². The maximum absolute atomic E-state index is 13.3. The fourth-order valence-corrected chi connectivity index (χ4v) is 3.32. The van der Waals surface area contributed by atoms with E-state index in [4.69, 9.17) is 0 Å². The Bertz CT molecular complexity index is 1040. The van der Waals surface area contributed by atoms with Crippen LogP contribution in [-0.2, 0) is 6.54 Å². The molecule has 0 bridgehead atoms. The van der Waals surface area contributed by atoms with E-state index in [1.807, 2.05) is 29.6 Å². The number of pyridine rings is 1. The summed E-state index contributed by atoms with van der Waals surface area (Å²) >= 11 is 1.54. The summed E-state index contributed by atoms with van der Waals surface area (Å²) in [5.74, 6) is -0.606. The molecule has 7 heteroatoms. The minimum atomic E-state index is -0.341. The molecule has 0 saturated carbocycles. The molecule has 0 unspecified atom stereocenters. The van der Waals surface area contributed by atoms with Crippen LogP contribution in [0.25, 0.3) is 16.3 Å². The minimum Gasteiger partial charge on any atom is -0.347 e. The average Bonchev–Trinajstić information content (AvgIpc) is 3.37. The Kier molecular flexibility index (Phi) is 4.76. The Morgan fingerprint density at radius 3 is 2.70 bits per heavy atom. The van der Waals surface area contributed by atoms with Gasteiger partial charge in [0, 0.05) is 18.9 Å². The summed E-state index contributed by atoms with van der Waals surface area (Å²) in [5, 5.41) is 9.40. The topological polar surface area (TPSA) is 59.8 Å². The molecule has 27 heavy (non-hydrogen) atoms. The van der Waals surface area contributed by atoms with Crippen molar-refractivity contribution in [1.82, 2.24) is 20.1 Å². The zero-order chi connectivity index (χ0) is 18.6. The summed E-state index contributed by atoms with van der Waals surface area (Å²) in [6, 6.07) is 15.2. The van der Waals surface area contributed by atoms with Crippen molar-refractivity contribution in [2.45, 2.75) is 6.54 Å². The van der Waals surface area contributed by atoms with Gasteiger partial charge >= 0.3 is 0 Å². The molecular weight excluding hydrogens is 363 g/mol. The minimum absolute atomic E-state index is 0.265. The molecule has 134 valence electrons. The fraction of sp³-hybridized carbons (Fsp3) is 0.0500. The van der Waals surface area contributed by atoms with Gasteiger partial charge in [-0.1, -0.05) is 12.1 Å². The van der Waals surface area contributed by atoms with Crippen LogP contribution < -0.4 is 5.32 Å². The molecule has 0 spiro atoms. The number of carbonyl (C=O) groups is 1. The van der Waals surface area contributed by atoms with Crippen molar-refractivity contribution >= 4 is 17.2 Å². The summed E-state index contributed by atoms with van der Waals surface area (Å²) in [6.45, 7) is 0.357. The Hall–Kier alpha value is -3.32. The van der Waals surface area contributed by atoms with E-state index in [-0.39, 0.29) is 11.7 Å². The van der Waals surface area contributed by atoms with Crippen molar-refractivity contribution in [2.24, 2.45) is 0 Å². The molecule has 1 amide bonds. The van der Waals surface area contributed by atoms with Gasteiger partial charge in [0.2, 0.25) is 0 Å². The van der Waals surface area contributed by atoms with E-state index in [2.05, 4.69) is 15.4 Å². The van der Waals surface area contributed by atoms with Crippen LogP contribution in [0, 0.1) is 5.82 Å². The van der Waals surface area contributed by atoms with Gasteiger partial charge in [0.15, 0.2) is 0 Å². The number of halogens is 1. The molecule has 3 aromatic heterocycles. The van der Waals surface area contributed by atoms with Crippen LogP contribution >= 0.6 is 11.3 Å². The number of nitrogens with zero attached hydrogens (tertiary/aromatic N) is 3. The zero-order valence-corrected chi connectivity index (χ0v) is 15.0. The first-order valence-corrected chi connectivity index (χ1v) is 9.15. The first kappa shape index (κ1) is 17.1. The van der Waals surface area contributed by atoms with Crippen LogP contribution in [0.15, 0.2) is 72.4 Å². The lowest BCUT2D eigenvalue weighted by atomic mass is 10.2. The lowest BCUT2D eigenvalue weighted by Crippen LogP contribution is -2.25. The van der Waals surface area contributed by atoms with E-state index in [1.54, 1.807) is 41.9 Å². The van der Waals surface area contributed by atoms with Gasteiger partial charge in [0.05, 0.1) is 10.6 Å². The number of amides is 1. The Labute approximate surface area is 159 Å². The highest BCUT2D eigenvalue weighted by Crippen LogP contribution is 2.26. The van der Waals surface area contributed by atoms with Gasteiger partial charge in [-0.2, -0.15) is 5.10 Å². The van der Waals surface area contributed by atoms with Gasteiger partial charge in [-0.3, -0.25) is 9.78 Å². The van der Waals surface area contributed by atoms with Crippen LogP contribution in [-0.4, -0.2) is 20.7 Å². The molecule has 0 atom stereocenters. The van der Waals surface area contributed by atoms with Crippen LogP contribution in [0.5, 0.6) is 0 Å². The predicted molar refractivity (Wildman–Crippen MR) is 102 cm³/mol. The van der Waals surface area contributed by atoms with Gasteiger partial charge in [-0.15, -0.1) is 11.3 Å². The number of benzene rings is 1. The van der Waals surface area contributed by atoms with Gasteiger partial charge in [-0.05, 0) is 53.4 Å². The largest absolute Gasteiger partial charge is 0.347 e. The van der Waals surface area contributed by atoms with E-state index in [9.17, 15) is 9.18 Å². The summed E-state index contributed by atoms with van der Waals surface area (Å²) in [5.41, 5.74) is 2.60. The molecule has 0 aliphatic heterocycles. The SMILES string of the molecule is O=C(NCc1cccnc1)c1cc(-c2cccs2)nn1-c1ccc(F)cc1. The number of hydrogen-bond donors (Lipinski definition) is 1. The van der Waals surface area contributed by atoms with Crippen molar-refractivity contribution in [2.75, 3.05) is 0 Å². The highest BCUT2D eigenvalue weighted by Gasteiger charge is 2.18. The molecule has 0 saturated heterocycles. The molecule has 4 aromatic rings. The second-order valence-electron chi connectivity index (χ2n) is 5.82. The zero-order valence-electron chi connectivity index (χ0n) is 14.2. The normalized spacial score (nSPS) is 10.7. The maximum Gasteiger partial charge on any atom is 0.270 e. The molecule has 0 aliphatic rings. The second kappa shape index (κ2) is 7.51. The lowest BCUT2D eigenvalue weighted by molar-refractivity contribution is 0.0943. The van der Waals surface area contributed by atoms with Crippen LogP contribution in [0.2, 0.25) is 0 Å². The summed E-state index contributed by atoms with van der Waals surface area (Å²) in [4.78, 5) is 17.8. The average molecular weight is 378 g/mol. The van der Waals surface area contributed by atoms with E-state index < -0.39 is 0 Å². The van der Waals surface area contributed by atoms with Crippen molar-refractivity contribution in [3.05, 3.63) is 89.4 Å². The standard InChI is InChI=1S/C20H15FN4OS/c21-15-5-7-16(8-6-15)25-18(11-17(24-25)19-4-2-10-27-19)20(26)23-13-14-3-1-9-22-12-14/h1-12H,13H2,(H,23,26). The van der Waals surface area contributed by atoms with Gasteiger partial charge in [0.1, 0.15) is 17.2 Å². The predicted octanol–water partition coefficient (Wildman–Crippen LogP) is 4.06. The van der Waals surface area contributed by atoms with Crippen molar-refractivity contribution in [3.63, 3.8) is 0 Å². The van der Waals surface area contributed by atoms with Crippen molar-refractivity contribution in [3.8, 4) is 16.3 Å². The number of aromatic nitrogens is 3. The van der Waals surface area contributed by atoms with Gasteiger partial charge < -0.3 is 5.32 Å². The molecule has 0 fully saturated rings. The summed E-state index contributed by atoms with van der Waals surface area (Å²) in [7, 11) is 0. The number of carbonyl (C=O) groups excluding carboxylic acids is 1. The molecule has 4 rings (SSSR count). The maximum atomic E-state index is 13.3. The van der Waals surface area contributed by atoms with Gasteiger partial charge in [-0.25, -0.2) is 9.07 Å².